The molecular weight excluding hydrogens is 1020 g/mol. The molecule has 12 aromatic carbocycles. The molecule has 2 spiro atoms. The molecule has 416 valence electrons. The Labute approximate surface area is 506 Å². The van der Waals surface area contributed by atoms with Gasteiger partial charge >= 0.3 is 0 Å². The Morgan fingerprint density at radius 1 is 0.200 bits per heavy atom. The van der Waals surface area contributed by atoms with Gasteiger partial charge in [-0.1, -0.05) is 325 Å². The Balaban J connectivity index is 0.000000123. The van der Waals surface area contributed by atoms with Crippen molar-refractivity contribution in [2.24, 2.45) is 0 Å². The molecule has 0 atom stereocenters. The van der Waals surface area contributed by atoms with Gasteiger partial charge in [-0.05, 0) is 173 Å². The molecule has 0 N–H and O–H groups in total. The van der Waals surface area contributed by atoms with E-state index in [0.29, 0.717) is 0 Å². The third-order valence-electron chi connectivity index (χ3n) is 18.3. The van der Waals surface area contributed by atoms with Gasteiger partial charge in [-0.15, -0.1) is 0 Å². The summed E-state index contributed by atoms with van der Waals surface area (Å²) >= 11 is 0. The van der Waals surface area contributed by atoms with Crippen LogP contribution in [-0.4, -0.2) is 0 Å². The number of fused-ring (bicyclic) bond motifs is 24. The molecule has 0 amide bonds. The molecule has 0 aliphatic heterocycles. The molecule has 0 radical (unpaired) electrons. The summed E-state index contributed by atoms with van der Waals surface area (Å²) in [7, 11) is 0. The first-order valence-electron chi connectivity index (χ1n) is 30.5. The molecule has 85 heavy (non-hydrogen) atoms. The van der Waals surface area contributed by atoms with Crippen molar-refractivity contribution < 1.29 is 0 Å². The first-order chi connectivity index (χ1) is 41.3. The van der Waals surface area contributed by atoms with E-state index in [1.165, 1.54) is 145 Å². The normalized spacial score (nSPS) is 12.9. The lowest BCUT2D eigenvalue weighted by atomic mass is 9.66. The molecule has 4 aliphatic carbocycles. The molecular formula is C85H76. The fourth-order valence-electron chi connectivity index (χ4n) is 14.7. The van der Waals surface area contributed by atoms with Crippen molar-refractivity contribution >= 4 is 0 Å². The van der Waals surface area contributed by atoms with E-state index in [9.17, 15) is 0 Å². The molecule has 0 bridgehead atoms. The van der Waals surface area contributed by atoms with Crippen LogP contribution in [0.4, 0.5) is 0 Å². The standard InChI is InChI=1S/2C31H20.2C11H16.CH4/c2*1-2-12-22-21(11-1)23-13-3-7-17-27(23)31(28-18-8-4-14-24(22)28)29-19-9-5-15-25(29)26-16-6-10-20-30(26)31;2*1-4-10-6-9(3)7-11(5-2)8-10;/h2*1-20H;2*6-8H,4-5H2,1-3H3;1H4. The second-order valence-corrected chi connectivity index (χ2v) is 23.0. The van der Waals surface area contributed by atoms with Crippen molar-refractivity contribution in [3.63, 3.8) is 0 Å². The Morgan fingerprint density at radius 2 is 0.341 bits per heavy atom. The molecule has 0 fully saturated rings. The fourth-order valence-corrected chi connectivity index (χ4v) is 14.7. The highest BCUT2D eigenvalue weighted by molar-refractivity contribution is 5.99. The maximum Gasteiger partial charge on any atom is 0.0725 e. The topological polar surface area (TPSA) is 0 Å². The molecule has 0 heteroatoms. The van der Waals surface area contributed by atoms with Gasteiger partial charge in [-0.3, -0.25) is 0 Å². The van der Waals surface area contributed by atoms with Crippen LogP contribution in [0.1, 0.15) is 113 Å². The summed E-state index contributed by atoms with van der Waals surface area (Å²) in [4.78, 5) is 0. The highest BCUT2D eigenvalue weighted by Crippen LogP contribution is 2.63. The first-order valence-corrected chi connectivity index (χ1v) is 30.5. The Hall–Kier alpha value is -9.36. The highest BCUT2D eigenvalue weighted by Gasteiger charge is 2.51. The molecule has 0 unspecified atom stereocenters. The second kappa shape index (κ2) is 23.7. The van der Waals surface area contributed by atoms with Crippen molar-refractivity contribution in [1.82, 2.24) is 0 Å². The van der Waals surface area contributed by atoms with Crippen molar-refractivity contribution in [3.05, 3.63) is 357 Å². The number of hydrogen-bond donors (Lipinski definition) is 0. The Kier molecular flexibility index (Phi) is 15.7. The zero-order valence-corrected chi connectivity index (χ0v) is 49.4. The van der Waals surface area contributed by atoms with E-state index in [0.717, 1.165) is 25.7 Å². The van der Waals surface area contributed by atoms with Crippen LogP contribution >= 0.6 is 0 Å². The van der Waals surface area contributed by atoms with Gasteiger partial charge in [0.15, 0.2) is 0 Å². The van der Waals surface area contributed by atoms with Crippen LogP contribution in [0.15, 0.2) is 279 Å². The smallest absolute Gasteiger partial charge is 0.0725 e. The van der Waals surface area contributed by atoms with E-state index in [1.54, 1.807) is 0 Å². The summed E-state index contributed by atoms with van der Waals surface area (Å²) < 4.78 is 0. The van der Waals surface area contributed by atoms with E-state index >= 15 is 0 Å². The van der Waals surface area contributed by atoms with Gasteiger partial charge in [-0.25, -0.2) is 0 Å². The average molecular weight is 1100 g/mol. The van der Waals surface area contributed by atoms with Gasteiger partial charge in [0.1, 0.15) is 0 Å². The Morgan fingerprint density at radius 3 is 0.506 bits per heavy atom. The monoisotopic (exact) mass is 1100 g/mol. The zero-order valence-electron chi connectivity index (χ0n) is 49.4. The van der Waals surface area contributed by atoms with Crippen LogP contribution in [0.3, 0.4) is 0 Å². The van der Waals surface area contributed by atoms with Crippen LogP contribution < -0.4 is 0 Å². The van der Waals surface area contributed by atoms with Gasteiger partial charge < -0.3 is 0 Å². The summed E-state index contributed by atoms with van der Waals surface area (Å²) in [6, 6.07) is 103. The SMILES string of the molecule is C.CCc1cc(C)cc(CC)c1.CCc1cc(C)cc(CC)c1.c1ccc2c(c1)-c1ccccc1C1(c3ccccc3-2)c2ccccc2-c2ccccc21.c1ccc2c(c1)-c1ccccc1C1(c3ccccc3-2)c2ccccc2-c2ccccc21. The van der Waals surface area contributed by atoms with Gasteiger partial charge in [0.05, 0.1) is 10.8 Å². The highest BCUT2D eigenvalue weighted by atomic mass is 14.5. The molecule has 0 saturated carbocycles. The largest absolute Gasteiger partial charge is 0.0776 e. The number of benzene rings is 12. The number of rotatable bonds is 4. The molecule has 0 heterocycles. The predicted molar refractivity (Wildman–Crippen MR) is 363 cm³/mol. The third kappa shape index (κ3) is 9.40. The maximum atomic E-state index is 2.34. The molecule has 12 aromatic rings. The van der Waals surface area contributed by atoms with Gasteiger partial charge in [-0.2, -0.15) is 0 Å². The van der Waals surface area contributed by atoms with E-state index in [2.05, 4.69) is 321 Å². The van der Waals surface area contributed by atoms with Gasteiger partial charge in [0.2, 0.25) is 0 Å². The third-order valence-corrected chi connectivity index (χ3v) is 18.3. The lowest BCUT2D eigenvalue weighted by Gasteiger charge is -2.35. The average Bonchev–Trinajstić information content (AvgIpc) is 1.60. The molecule has 16 rings (SSSR count). The maximum absolute atomic E-state index is 2.34. The van der Waals surface area contributed by atoms with Crippen molar-refractivity contribution in [2.45, 2.75) is 85.5 Å². The fraction of sp³-hybridized carbons (Fsp3) is 0.153. The summed E-state index contributed by atoms with van der Waals surface area (Å²) in [5.41, 5.74) is 34.8. The van der Waals surface area contributed by atoms with Crippen LogP contribution in [0.25, 0.3) is 66.8 Å². The first kappa shape index (κ1) is 56.1. The lowest BCUT2D eigenvalue weighted by Crippen LogP contribution is -2.29. The number of aryl methyl sites for hydroxylation is 6. The predicted octanol–water partition coefficient (Wildman–Crippen LogP) is 22.3. The number of hydrogen-bond acceptors (Lipinski definition) is 0. The minimum Gasteiger partial charge on any atom is -0.0776 e. The molecule has 0 nitrogen and oxygen atoms in total. The van der Waals surface area contributed by atoms with Gasteiger partial charge in [0.25, 0.3) is 0 Å². The van der Waals surface area contributed by atoms with Crippen molar-refractivity contribution in [2.75, 3.05) is 0 Å². The van der Waals surface area contributed by atoms with E-state index in [1.807, 2.05) is 0 Å². The van der Waals surface area contributed by atoms with E-state index < -0.39 is 0 Å². The molecule has 0 saturated heterocycles. The van der Waals surface area contributed by atoms with Gasteiger partial charge in [0, 0.05) is 0 Å². The molecule has 4 aliphatic rings. The quantitative estimate of drug-likeness (QED) is 0.165. The molecule has 0 aromatic heterocycles. The summed E-state index contributed by atoms with van der Waals surface area (Å²) in [6.45, 7) is 13.1. The summed E-state index contributed by atoms with van der Waals surface area (Å²) in [6.07, 6.45) is 4.59. The lowest BCUT2D eigenvalue weighted by molar-refractivity contribution is 0.775. The van der Waals surface area contributed by atoms with Crippen molar-refractivity contribution in [1.29, 1.82) is 0 Å². The summed E-state index contributed by atoms with van der Waals surface area (Å²) in [5, 5.41) is 0. The van der Waals surface area contributed by atoms with Crippen LogP contribution in [-0.2, 0) is 36.5 Å². The minimum atomic E-state index is -0.334. The van der Waals surface area contributed by atoms with Crippen LogP contribution in [0, 0.1) is 13.8 Å². The van der Waals surface area contributed by atoms with Crippen LogP contribution in [0.2, 0.25) is 0 Å². The van der Waals surface area contributed by atoms with E-state index in [4.69, 9.17) is 0 Å². The van der Waals surface area contributed by atoms with E-state index in [-0.39, 0.29) is 18.3 Å². The van der Waals surface area contributed by atoms with Crippen LogP contribution in [0.5, 0.6) is 0 Å². The van der Waals surface area contributed by atoms with Crippen molar-refractivity contribution in [3.8, 4) is 66.8 Å². The zero-order chi connectivity index (χ0) is 57.4. The summed E-state index contributed by atoms with van der Waals surface area (Å²) in [5.74, 6) is 0. The minimum absolute atomic E-state index is 0. The Bertz CT molecular complexity index is 3850. The second-order valence-electron chi connectivity index (χ2n) is 23.0.